The highest BCUT2D eigenvalue weighted by Crippen LogP contribution is 2.21. The Bertz CT molecular complexity index is 1150. The molecule has 3 aromatic rings. The molecular formula is C22H21FN2O5S. The summed E-state index contributed by atoms with van der Waals surface area (Å²) < 4.78 is 51.3. The Balaban J connectivity index is 1.62. The summed E-state index contributed by atoms with van der Waals surface area (Å²) in [5.74, 6) is 0.242. The van der Waals surface area contributed by atoms with Crippen molar-refractivity contribution in [2.45, 2.75) is 4.90 Å². The number of anilines is 1. The number of hydrogen-bond donors (Lipinski definition) is 2. The zero-order valence-corrected chi connectivity index (χ0v) is 17.5. The fourth-order valence-corrected chi connectivity index (χ4v) is 3.79. The standard InChI is InChI=1S/C22H21FN2O5S/c1-29-17-5-4-6-18(15-17)30-14-13-24-22(26)20-7-2-3-8-21(20)25-31(27,28)19-11-9-16(23)10-12-19/h2-12,15,25H,13-14H2,1H3,(H,24,26). The lowest BCUT2D eigenvalue weighted by molar-refractivity contribution is 0.0948. The molecule has 9 heteroatoms. The molecule has 7 nitrogen and oxygen atoms in total. The van der Waals surface area contributed by atoms with Gasteiger partial charge in [-0.1, -0.05) is 18.2 Å². The maximum atomic E-state index is 13.1. The van der Waals surface area contributed by atoms with E-state index in [1.807, 2.05) is 0 Å². The molecule has 2 N–H and O–H groups in total. The highest BCUT2D eigenvalue weighted by molar-refractivity contribution is 7.92. The normalized spacial score (nSPS) is 10.9. The lowest BCUT2D eigenvalue weighted by Crippen LogP contribution is -2.29. The molecule has 3 aromatic carbocycles. The van der Waals surface area contributed by atoms with E-state index in [9.17, 15) is 17.6 Å². The lowest BCUT2D eigenvalue weighted by atomic mass is 10.1. The average molecular weight is 444 g/mol. The fraction of sp³-hybridized carbons (Fsp3) is 0.136. The van der Waals surface area contributed by atoms with Crippen LogP contribution in [0.2, 0.25) is 0 Å². The van der Waals surface area contributed by atoms with Gasteiger partial charge in [0, 0.05) is 6.07 Å². The van der Waals surface area contributed by atoms with Gasteiger partial charge in [0.25, 0.3) is 15.9 Å². The zero-order chi connectivity index (χ0) is 22.3. The molecule has 31 heavy (non-hydrogen) atoms. The number of para-hydroxylation sites is 1. The van der Waals surface area contributed by atoms with Gasteiger partial charge in [-0.25, -0.2) is 12.8 Å². The number of sulfonamides is 1. The van der Waals surface area contributed by atoms with Gasteiger partial charge >= 0.3 is 0 Å². The van der Waals surface area contributed by atoms with Crippen LogP contribution in [0.4, 0.5) is 10.1 Å². The predicted octanol–water partition coefficient (Wildman–Crippen LogP) is 3.44. The minimum Gasteiger partial charge on any atom is -0.497 e. The molecule has 3 rings (SSSR count). The number of carbonyl (C=O) groups excluding carboxylic acids is 1. The maximum Gasteiger partial charge on any atom is 0.261 e. The van der Waals surface area contributed by atoms with Crippen molar-refractivity contribution in [3.63, 3.8) is 0 Å². The Hall–Kier alpha value is -3.59. The quantitative estimate of drug-likeness (QED) is 0.493. The molecule has 0 aliphatic heterocycles. The van der Waals surface area contributed by atoms with E-state index in [1.165, 1.54) is 12.1 Å². The van der Waals surface area contributed by atoms with Crippen molar-refractivity contribution >= 4 is 21.6 Å². The molecule has 0 unspecified atom stereocenters. The van der Waals surface area contributed by atoms with Gasteiger partial charge in [0.15, 0.2) is 0 Å². The minimum absolute atomic E-state index is 0.109. The largest absolute Gasteiger partial charge is 0.497 e. The number of ether oxygens (including phenoxy) is 2. The first kappa shape index (κ1) is 22.1. The Morgan fingerprint density at radius 1 is 0.968 bits per heavy atom. The van der Waals surface area contributed by atoms with Crippen LogP contribution in [0, 0.1) is 5.82 Å². The smallest absolute Gasteiger partial charge is 0.261 e. The van der Waals surface area contributed by atoms with Crippen LogP contribution >= 0.6 is 0 Å². The number of carbonyl (C=O) groups is 1. The summed E-state index contributed by atoms with van der Waals surface area (Å²) in [4.78, 5) is 12.5. The van der Waals surface area contributed by atoms with Crippen molar-refractivity contribution in [3.05, 3.63) is 84.2 Å². The van der Waals surface area contributed by atoms with Crippen LogP contribution < -0.4 is 19.5 Å². The summed E-state index contributed by atoms with van der Waals surface area (Å²) in [5, 5.41) is 2.69. The van der Waals surface area contributed by atoms with Crippen LogP contribution in [0.3, 0.4) is 0 Å². The first-order chi connectivity index (χ1) is 14.9. The lowest BCUT2D eigenvalue weighted by Gasteiger charge is -2.13. The van der Waals surface area contributed by atoms with E-state index in [2.05, 4.69) is 10.0 Å². The molecule has 0 bridgehead atoms. The van der Waals surface area contributed by atoms with E-state index < -0.39 is 21.7 Å². The number of benzene rings is 3. The Labute approximate surface area is 179 Å². The first-order valence-corrected chi connectivity index (χ1v) is 10.8. The molecule has 0 atom stereocenters. The first-order valence-electron chi connectivity index (χ1n) is 9.31. The Kier molecular flexibility index (Phi) is 7.09. The van der Waals surface area contributed by atoms with Gasteiger partial charge in [-0.05, 0) is 48.5 Å². The van der Waals surface area contributed by atoms with E-state index in [-0.39, 0.29) is 29.3 Å². The zero-order valence-electron chi connectivity index (χ0n) is 16.7. The molecule has 0 aliphatic carbocycles. The van der Waals surface area contributed by atoms with Crippen molar-refractivity contribution in [2.24, 2.45) is 0 Å². The maximum absolute atomic E-state index is 13.1. The van der Waals surface area contributed by atoms with Crippen LogP contribution in [-0.4, -0.2) is 34.6 Å². The molecule has 1 amide bonds. The Morgan fingerprint density at radius 3 is 2.42 bits per heavy atom. The van der Waals surface area contributed by atoms with Crippen molar-refractivity contribution in [1.82, 2.24) is 5.32 Å². The van der Waals surface area contributed by atoms with E-state index in [4.69, 9.17) is 9.47 Å². The highest BCUT2D eigenvalue weighted by Gasteiger charge is 2.18. The van der Waals surface area contributed by atoms with E-state index in [1.54, 1.807) is 43.5 Å². The van der Waals surface area contributed by atoms with Crippen LogP contribution in [0.15, 0.2) is 77.7 Å². The van der Waals surface area contributed by atoms with Gasteiger partial charge in [-0.3, -0.25) is 9.52 Å². The second-order valence-electron chi connectivity index (χ2n) is 6.39. The molecular weight excluding hydrogens is 423 g/mol. The second-order valence-corrected chi connectivity index (χ2v) is 8.07. The topological polar surface area (TPSA) is 93.7 Å². The van der Waals surface area contributed by atoms with Gasteiger partial charge in [0.2, 0.25) is 0 Å². The van der Waals surface area contributed by atoms with Crippen molar-refractivity contribution in [3.8, 4) is 11.5 Å². The Morgan fingerprint density at radius 2 is 1.68 bits per heavy atom. The van der Waals surface area contributed by atoms with E-state index in [0.29, 0.717) is 11.5 Å². The number of amides is 1. The minimum atomic E-state index is -3.99. The predicted molar refractivity (Wildman–Crippen MR) is 114 cm³/mol. The summed E-state index contributed by atoms with van der Waals surface area (Å²) in [5.41, 5.74) is 0.257. The number of halogens is 1. The third-order valence-corrected chi connectivity index (χ3v) is 5.62. The SMILES string of the molecule is COc1cccc(OCCNC(=O)c2ccccc2NS(=O)(=O)c2ccc(F)cc2)c1. The molecule has 0 aromatic heterocycles. The number of hydrogen-bond acceptors (Lipinski definition) is 5. The average Bonchev–Trinajstić information content (AvgIpc) is 2.77. The number of rotatable bonds is 9. The molecule has 0 spiro atoms. The molecule has 0 heterocycles. The van der Waals surface area contributed by atoms with Gasteiger partial charge in [-0.15, -0.1) is 0 Å². The highest BCUT2D eigenvalue weighted by atomic mass is 32.2. The molecule has 0 saturated heterocycles. The summed E-state index contributed by atoms with van der Waals surface area (Å²) in [7, 11) is -2.43. The van der Waals surface area contributed by atoms with Crippen LogP contribution in [-0.2, 0) is 10.0 Å². The molecule has 162 valence electrons. The summed E-state index contributed by atoms with van der Waals surface area (Å²) in [6, 6.07) is 17.7. The van der Waals surface area contributed by atoms with Gasteiger partial charge in [-0.2, -0.15) is 0 Å². The molecule has 0 fully saturated rings. The number of nitrogens with one attached hydrogen (secondary N) is 2. The fourth-order valence-electron chi connectivity index (χ4n) is 2.71. The summed E-state index contributed by atoms with van der Waals surface area (Å²) in [6.45, 7) is 0.414. The van der Waals surface area contributed by atoms with Crippen molar-refractivity contribution < 1.29 is 27.1 Å². The molecule has 0 radical (unpaired) electrons. The van der Waals surface area contributed by atoms with Gasteiger partial charge in [0.1, 0.15) is 23.9 Å². The summed E-state index contributed by atoms with van der Waals surface area (Å²) >= 11 is 0. The van der Waals surface area contributed by atoms with Crippen LogP contribution in [0.5, 0.6) is 11.5 Å². The van der Waals surface area contributed by atoms with Crippen molar-refractivity contribution in [2.75, 3.05) is 25.0 Å². The second kappa shape index (κ2) is 9.94. The van der Waals surface area contributed by atoms with E-state index >= 15 is 0 Å². The monoisotopic (exact) mass is 444 g/mol. The summed E-state index contributed by atoms with van der Waals surface area (Å²) in [6.07, 6.45) is 0. The third-order valence-electron chi connectivity index (χ3n) is 4.24. The molecule has 0 aliphatic rings. The van der Waals surface area contributed by atoms with Crippen LogP contribution in [0.1, 0.15) is 10.4 Å². The van der Waals surface area contributed by atoms with E-state index in [0.717, 1.165) is 24.3 Å². The van der Waals surface area contributed by atoms with Crippen molar-refractivity contribution in [1.29, 1.82) is 0 Å². The van der Waals surface area contributed by atoms with Gasteiger partial charge < -0.3 is 14.8 Å². The molecule has 0 saturated carbocycles. The third kappa shape index (κ3) is 5.95. The van der Waals surface area contributed by atoms with Gasteiger partial charge in [0.05, 0.1) is 29.8 Å². The number of methoxy groups -OCH3 is 1. The van der Waals surface area contributed by atoms with Crippen LogP contribution in [0.25, 0.3) is 0 Å².